The van der Waals surface area contributed by atoms with E-state index in [-0.39, 0.29) is 17.5 Å². The van der Waals surface area contributed by atoms with E-state index in [0.717, 1.165) is 5.39 Å². The molecule has 0 saturated carbocycles. The molecule has 1 fully saturated rings. The Kier molecular flexibility index (Phi) is 8.16. The molecule has 2 aromatic rings. The van der Waals surface area contributed by atoms with Gasteiger partial charge in [-0.25, -0.2) is 0 Å². The smallest absolute Gasteiger partial charge is 0.305 e. The molecule has 0 spiro atoms. The highest BCUT2D eigenvalue weighted by Gasteiger charge is 2.43. The van der Waals surface area contributed by atoms with Gasteiger partial charge in [0.25, 0.3) is 5.91 Å². The lowest BCUT2D eigenvalue weighted by Gasteiger charge is -2.32. The number of carbonyl (C=O) groups is 5. The van der Waals surface area contributed by atoms with Gasteiger partial charge in [0, 0.05) is 18.1 Å². The molecule has 10 nitrogen and oxygen atoms in total. The van der Waals surface area contributed by atoms with Crippen LogP contribution >= 0.6 is 0 Å². The Morgan fingerprint density at radius 3 is 2.54 bits per heavy atom. The van der Waals surface area contributed by atoms with Crippen molar-refractivity contribution in [2.45, 2.75) is 51.7 Å². The molecule has 0 aliphatic carbocycles. The van der Waals surface area contributed by atoms with E-state index in [1.165, 1.54) is 11.1 Å². The van der Waals surface area contributed by atoms with Gasteiger partial charge in [0.2, 0.25) is 11.8 Å². The second kappa shape index (κ2) is 11.1. The first-order valence-corrected chi connectivity index (χ1v) is 11.6. The number of aromatic nitrogens is 1. The highest BCUT2D eigenvalue weighted by Crippen LogP contribution is 2.26. The van der Waals surface area contributed by atoms with Crippen LogP contribution in [-0.4, -0.2) is 69.6 Å². The topological polar surface area (TPSA) is 146 Å². The maximum Gasteiger partial charge on any atom is 0.305 e. The van der Waals surface area contributed by atoms with Crippen LogP contribution in [0, 0.1) is 11.8 Å². The Hall–Kier alpha value is -3.82. The average molecular weight is 483 g/mol. The van der Waals surface area contributed by atoms with E-state index < -0.39 is 48.2 Å². The molecule has 1 saturated heterocycles. The van der Waals surface area contributed by atoms with Crippen molar-refractivity contribution < 1.29 is 29.1 Å². The number of rotatable bonds is 9. The van der Waals surface area contributed by atoms with Crippen molar-refractivity contribution in [3.8, 4) is 0 Å². The lowest BCUT2D eigenvalue weighted by molar-refractivity contribution is -0.143. The SMILES string of the molecule is CC(C)C(NC(=O)c1nccc2ccccc12)C(=O)N1CC[C@H](C)C1C(=O)NC(C=O)CC(=O)O. The first-order valence-electron chi connectivity index (χ1n) is 11.6. The zero-order valence-corrected chi connectivity index (χ0v) is 19.9. The maximum atomic E-state index is 13.6. The summed E-state index contributed by atoms with van der Waals surface area (Å²) in [6.45, 7) is 5.70. The van der Waals surface area contributed by atoms with Gasteiger partial charge in [-0.1, -0.05) is 45.0 Å². The molecule has 3 N–H and O–H groups in total. The number of hydrogen-bond acceptors (Lipinski definition) is 6. The number of pyridine rings is 1. The zero-order valence-electron chi connectivity index (χ0n) is 19.9. The molecule has 3 amide bonds. The minimum atomic E-state index is -1.22. The largest absolute Gasteiger partial charge is 0.481 e. The van der Waals surface area contributed by atoms with Crippen LogP contribution in [0.1, 0.15) is 44.1 Å². The van der Waals surface area contributed by atoms with Crippen LogP contribution in [0.2, 0.25) is 0 Å². The third-order valence-corrected chi connectivity index (χ3v) is 6.25. The van der Waals surface area contributed by atoms with Gasteiger partial charge in [0.05, 0.1) is 12.5 Å². The van der Waals surface area contributed by atoms with Gasteiger partial charge >= 0.3 is 5.97 Å². The fraction of sp³-hybridized carbons (Fsp3) is 0.440. The summed E-state index contributed by atoms with van der Waals surface area (Å²) in [6, 6.07) is 6.12. The standard InChI is InChI=1S/C25H30N4O6/c1-14(2)20(28-23(33)21-18-7-5-4-6-16(18)8-10-26-21)25(35)29-11-9-15(3)22(29)24(34)27-17(13-30)12-19(31)32/h4-8,10,13-15,17,20,22H,9,11-12H2,1-3H3,(H,27,34)(H,28,33)(H,31,32)/t15-,17?,20?,22?/m0/s1. The van der Waals surface area contributed by atoms with E-state index >= 15 is 0 Å². The van der Waals surface area contributed by atoms with Gasteiger partial charge < -0.3 is 25.4 Å². The predicted octanol–water partition coefficient (Wildman–Crippen LogP) is 1.38. The summed E-state index contributed by atoms with van der Waals surface area (Å²) in [6.07, 6.45) is 1.91. The molecule has 2 heterocycles. The molecule has 3 unspecified atom stereocenters. The molecule has 1 aliphatic rings. The van der Waals surface area contributed by atoms with Crippen LogP contribution in [0.4, 0.5) is 0 Å². The average Bonchev–Trinajstić information content (AvgIpc) is 3.22. The minimum Gasteiger partial charge on any atom is -0.481 e. The van der Waals surface area contributed by atoms with E-state index in [9.17, 15) is 24.0 Å². The van der Waals surface area contributed by atoms with Crippen molar-refractivity contribution in [3.05, 3.63) is 42.2 Å². The molecule has 0 radical (unpaired) electrons. The number of carboxylic acids is 1. The number of carboxylic acid groups (broad SMARTS) is 1. The van der Waals surface area contributed by atoms with Crippen LogP contribution in [0.3, 0.4) is 0 Å². The Bertz CT molecular complexity index is 1130. The number of nitrogens with one attached hydrogen (secondary N) is 2. The fourth-order valence-electron chi connectivity index (χ4n) is 4.39. The highest BCUT2D eigenvalue weighted by molar-refractivity contribution is 6.06. The van der Waals surface area contributed by atoms with Crippen molar-refractivity contribution in [2.75, 3.05) is 6.54 Å². The Labute approximate surface area is 203 Å². The molecule has 4 atom stereocenters. The molecule has 35 heavy (non-hydrogen) atoms. The van der Waals surface area contributed by atoms with E-state index in [1.54, 1.807) is 32.0 Å². The molecular weight excluding hydrogens is 452 g/mol. The van der Waals surface area contributed by atoms with Crippen LogP contribution in [0.15, 0.2) is 36.5 Å². The quantitative estimate of drug-likeness (QED) is 0.458. The van der Waals surface area contributed by atoms with Crippen molar-refractivity contribution in [3.63, 3.8) is 0 Å². The van der Waals surface area contributed by atoms with Crippen molar-refractivity contribution >= 4 is 40.7 Å². The molecular formula is C25H30N4O6. The normalized spacial score (nSPS) is 19.3. The van der Waals surface area contributed by atoms with E-state index in [4.69, 9.17) is 5.11 Å². The van der Waals surface area contributed by atoms with Gasteiger partial charge in [-0.15, -0.1) is 0 Å². The van der Waals surface area contributed by atoms with Crippen molar-refractivity contribution in [2.24, 2.45) is 11.8 Å². The number of hydrogen-bond donors (Lipinski definition) is 3. The Balaban J connectivity index is 1.80. The van der Waals surface area contributed by atoms with Crippen LogP contribution in [-0.2, 0) is 19.2 Å². The highest BCUT2D eigenvalue weighted by atomic mass is 16.4. The molecule has 10 heteroatoms. The van der Waals surface area contributed by atoms with Gasteiger partial charge in [0.1, 0.15) is 24.1 Å². The zero-order chi connectivity index (χ0) is 25.7. The van der Waals surface area contributed by atoms with Gasteiger partial charge in [-0.2, -0.15) is 0 Å². The first-order chi connectivity index (χ1) is 16.6. The van der Waals surface area contributed by atoms with Gasteiger partial charge in [-0.05, 0) is 29.7 Å². The van der Waals surface area contributed by atoms with E-state index in [0.29, 0.717) is 24.6 Å². The predicted molar refractivity (Wildman–Crippen MR) is 127 cm³/mol. The Morgan fingerprint density at radius 2 is 1.89 bits per heavy atom. The van der Waals surface area contributed by atoms with Gasteiger partial charge in [-0.3, -0.25) is 24.2 Å². The van der Waals surface area contributed by atoms with Crippen molar-refractivity contribution in [1.82, 2.24) is 20.5 Å². The lowest BCUT2D eigenvalue weighted by Crippen LogP contribution is -2.57. The second-order valence-corrected chi connectivity index (χ2v) is 9.17. The number of fused-ring (bicyclic) bond motifs is 1. The molecule has 186 valence electrons. The number of aldehydes is 1. The third kappa shape index (κ3) is 5.82. The number of amides is 3. The Morgan fingerprint density at radius 1 is 1.17 bits per heavy atom. The first kappa shape index (κ1) is 25.8. The van der Waals surface area contributed by atoms with Crippen molar-refractivity contribution in [1.29, 1.82) is 0 Å². The summed E-state index contributed by atoms with van der Waals surface area (Å²) in [5.74, 6) is -3.22. The summed E-state index contributed by atoms with van der Waals surface area (Å²) in [4.78, 5) is 67.4. The minimum absolute atomic E-state index is 0.202. The molecule has 3 rings (SSSR count). The summed E-state index contributed by atoms with van der Waals surface area (Å²) >= 11 is 0. The van der Waals surface area contributed by atoms with E-state index in [1.807, 2.05) is 19.1 Å². The lowest BCUT2D eigenvalue weighted by atomic mass is 9.99. The second-order valence-electron chi connectivity index (χ2n) is 9.17. The summed E-state index contributed by atoms with van der Waals surface area (Å²) in [5.41, 5.74) is 0.202. The summed E-state index contributed by atoms with van der Waals surface area (Å²) < 4.78 is 0. The maximum absolute atomic E-state index is 13.6. The number of aliphatic carboxylic acids is 1. The molecule has 0 bridgehead atoms. The number of benzene rings is 1. The van der Waals surface area contributed by atoms with E-state index in [2.05, 4.69) is 15.6 Å². The van der Waals surface area contributed by atoms with Crippen LogP contribution < -0.4 is 10.6 Å². The van der Waals surface area contributed by atoms with Crippen LogP contribution in [0.5, 0.6) is 0 Å². The molecule has 1 aliphatic heterocycles. The van der Waals surface area contributed by atoms with Gasteiger partial charge in [0.15, 0.2) is 0 Å². The monoisotopic (exact) mass is 482 g/mol. The summed E-state index contributed by atoms with van der Waals surface area (Å²) in [7, 11) is 0. The number of carbonyl (C=O) groups excluding carboxylic acids is 4. The number of nitrogens with zero attached hydrogens (tertiary/aromatic N) is 2. The summed E-state index contributed by atoms with van der Waals surface area (Å²) in [5, 5.41) is 15.7. The molecule has 1 aromatic heterocycles. The number of likely N-dealkylation sites (tertiary alicyclic amines) is 1. The fourth-order valence-corrected chi connectivity index (χ4v) is 4.39. The van der Waals surface area contributed by atoms with Crippen LogP contribution in [0.25, 0.3) is 10.8 Å². The third-order valence-electron chi connectivity index (χ3n) is 6.25. The molecule has 1 aromatic carbocycles.